The third kappa shape index (κ3) is 6.60. The Morgan fingerprint density at radius 2 is 1.79 bits per heavy atom. The van der Waals surface area contributed by atoms with Crippen molar-refractivity contribution in [3.63, 3.8) is 0 Å². The number of amides is 2. The highest BCUT2D eigenvalue weighted by atomic mass is 35.5. The van der Waals surface area contributed by atoms with E-state index < -0.39 is 17.6 Å². The summed E-state index contributed by atoms with van der Waals surface area (Å²) in [6.45, 7) is -0.100. The van der Waals surface area contributed by atoms with Gasteiger partial charge in [0.2, 0.25) is 0 Å². The second-order valence-corrected chi connectivity index (χ2v) is 7.93. The van der Waals surface area contributed by atoms with Gasteiger partial charge in [-0.05, 0) is 54.1 Å². The fourth-order valence-electron chi connectivity index (χ4n) is 2.69. The number of carbonyl (C=O) groups excluding carboxylic acids is 2. The Morgan fingerprint density at radius 1 is 1.00 bits per heavy atom. The van der Waals surface area contributed by atoms with Gasteiger partial charge in [-0.25, -0.2) is 9.82 Å². The van der Waals surface area contributed by atoms with Crippen molar-refractivity contribution in [2.45, 2.75) is 6.61 Å². The molecule has 0 heterocycles. The van der Waals surface area contributed by atoms with Crippen LogP contribution in [0.25, 0.3) is 0 Å². The summed E-state index contributed by atoms with van der Waals surface area (Å²) in [5, 5.41) is 6.92. The number of nitrogens with zero attached hydrogens (tertiary/aromatic N) is 1. The zero-order valence-electron chi connectivity index (χ0n) is 17.6. The Bertz CT molecular complexity index is 1230. The maximum atomic E-state index is 13.9. The number of methoxy groups -OCH3 is 1. The van der Waals surface area contributed by atoms with E-state index in [1.807, 2.05) is 0 Å². The molecule has 0 bridgehead atoms. The zero-order chi connectivity index (χ0) is 24.7. The minimum absolute atomic E-state index is 0.100. The van der Waals surface area contributed by atoms with Gasteiger partial charge < -0.3 is 14.8 Å². The maximum absolute atomic E-state index is 13.9. The summed E-state index contributed by atoms with van der Waals surface area (Å²) in [6.07, 6.45) is 1.30. The van der Waals surface area contributed by atoms with Crippen molar-refractivity contribution in [2.75, 3.05) is 12.4 Å². The minimum atomic E-state index is -1.01. The first-order valence-corrected chi connectivity index (χ1v) is 10.7. The van der Waals surface area contributed by atoms with E-state index >= 15 is 0 Å². The molecule has 0 aliphatic carbocycles. The Hall–Kier alpha value is -3.33. The van der Waals surface area contributed by atoms with Crippen LogP contribution in [0.1, 0.15) is 11.1 Å². The summed E-state index contributed by atoms with van der Waals surface area (Å²) in [6, 6.07) is 13.6. The fourth-order valence-corrected chi connectivity index (χ4v) is 3.25. The van der Waals surface area contributed by atoms with Crippen LogP contribution in [-0.4, -0.2) is 25.1 Å². The lowest BCUT2D eigenvalue weighted by Crippen LogP contribution is -2.32. The highest BCUT2D eigenvalue weighted by Crippen LogP contribution is 2.30. The molecule has 0 aliphatic rings. The SMILES string of the molecule is COc1cc(/C=N/NC(=O)C(=O)Nc2cc(Cl)ccc2Cl)ccc1OCc1c(F)cccc1Cl. The standard InChI is InChI=1S/C23H17Cl3FN3O4/c1-33-21-9-13(5-8-20(21)34-12-15-16(25)3-2-4-18(15)27)11-28-30-23(32)22(31)29-19-10-14(24)6-7-17(19)26/h2-11H,12H2,1H3,(H,29,31)(H,30,32)/b28-11+. The largest absolute Gasteiger partial charge is 0.493 e. The molecule has 2 amide bonds. The van der Waals surface area contributed by atoms with E-state index in [1.54, 1.807) is 30.3 Å². The van der Waals surface area contributed by atoms with Gasteiger partial charge in [0.25, 0.3) is 0 Å². The van der Waals surface area contributed by atoms with Crippen molar-refractivity contribution < 1.29 is 23.5 Å². The number of ether oxygens (including phenoxy) is 2. The van der Waals surface area contributed by atoms with Gasteiger partial charge in [0, 0.05) is 10.6 Å². The van der Waals surface area contributed by atoms with E-state index in [0.29, 0.717) is 22.1 Å². The van der Waals surface area contributed by atoms with Gasteiger partial charge in [-0.15, -0.1) is 0 Å². The van der Waals surface area contributed by atoms with Crippen LogP contribution in [-0.2, 0) is 16.2 Å². The van der Waals surface area contributed by atoms with Crippen molar-refractivity contribution in [3.8, 4) is 11.5 Å². The molecule has 34 heavy (non-hydrogen) atoms. The molecule has 176 valence electrons. The number of hydrogen-bond donors (Lipinski definition) is 2. The first-order chi connectivity index (χ1) is 16.3. The van der Waals surface area contributed by atoms with Crippen molar-refractivity contribution in [1.82, 2.24) is 5.43 Å². The van der Waals surface area contributed by atoms with Gasteiger partial charge in [0.1, 0.15) is 12.4 Å². The Labute approximate surface area is 209 Å². The fraction of sp³-hybridized carbons (Fsp3) is 0.0870. The van der Waals surface area contributed by atoms with Crippen LogP contribution in [0.2, 0.25) is 15.1 Å². The molecule has 0 atom stereocenters. The third-order valence-electron chi connectivity index (χ3n) is 4.38. The lowest BCUT2D eigenvalue weighted by Gasteiger charge is -2.12. The highest BCUT2D eigenvalue weighted by Gasteiger charge is 2.15. The van der Waals surface area contributed by atoms with Crippen LogP contribution in [0.3, 0.4) is 0 Å². The number of benzene rings is 3. The number of anilines is 1. The number of halogens is 4. The Morgan fingerprint density at radius 3 is 2.53 bits per heavy atom. The van der Waals surface area contributed by atoms with Gasteiger partial charge in [-0.2, -0.15) is 5.10 Å². The topological polar surface area (TPSA) is 89.0 Å². The molecule has 3 aromatic carbocycles. The second-order valence-electron chi connectivity index (χ2n) is 6.68. The molecule has 0 radical (unpaired) electrons. The predicted molar refractivity (Wildman–Crippen MR) is 130 cm³/mol. The smallest absolute Gasteiger partial charge is 0.329 e. The van der Waals surface area contributed by atoms with Gasteiger partial charge in [-0.1, -0.05) is 40.9 Å². The molecule has 0 aromatic heterocycles. The van der Waals surface area contributed by atoms with Crippen molar-refractivity contribution >= 4 is 58.5 Å². The van der Waals surface area contributed by atoms with Crippen LogP contribution in [0.15, 0.2) is 59.7 Å². The monoisotopic (exact) mass is 523 g/mol. The molecular formula is C23H17Cl3FN3O4. The predicted octanol–water partition coefficient (Wildman–Crippen LogP) is 5.46. The summed E-state index contributed by atoms with van der Waals surface area (Å²) in [5.74, 6) is -1.78. The minimum Gasteiger partial charge on any atom is -0.493 e. The molecular weight excluding hydrogens is 508 g/mol. The number of hydrogen-bond acceptors (Lipinski definition) is 5. The van der Waals surface area contributed by atoms with Crippen molar-refractivity contribution in [2.24, 2.45) is 5.10 Å². The van der Waals surface area contributed by atoms with E-state index in [-0.39, 0.29) is 27.9 Å². The van der Waals surface area contributed by atoms with Crippen molar-refractivity contribution in [3.05, 3.63) is 86.6 Å². The molecule has 3 aromatic rings. The van der Waals surface area contributed by atoms with Crippen LogP contribution >= 0.6 is 34.8 Å². The van der Waals surface area contributed by atoms with Crippen LogP contribution < -0.4 is 20.2 Å². The van der Waals surface area contributed by atoms with Gasteiger partial charge in [0.15, 0.2) is 11.5 Å². The highest BCUT2D eigenvalue weighted by molar-refractivity contribution is 6.42. The quantitative estimate of drug-likeness (QED) is 0.244. The molecule has 0 saturated carbocycles. The number of hydrazone groups is 1. The maximum Gasteiger partial charge on any atom is 0.329 e. The Kier molecular flexibility index (Phi) is 8.70. The van der Waals surface area contributed by atoms with E-state index in [2.05, 4.69) is 15.8 Å². The van der Waals surface area contributed by atoms with Gasteiger partial charge >= 0.3 is 11.8 Å². The average Bonchev–Trinajstić information content (AvgIpc) is 2.81. The number of carbonyl (C=O) groups is 2. The first kappa shape index (κ1) is 25.3. The van der Waals surface area contributed by atoms with E-state index in [0.717, 1.165) is 0 Å². The summed E-state index contributed by atoms with van der Waals surface area (Å²) < 4.78 is 24.9. The summed E-state index contributed by atoms with van der Waals surface area (Å²) >= 11 is 17.8. The summed E-state index contributed by atoms with van der Waals surface area (Å²) in [4.78, 5) is 24.0. The normalized spacial score (nSPS) is 10.7. The van der Waals surface area contributed by atoms with Crippen LogP contribution in [0.4, 0.5) is 10.1 Å². The van der Waals surface area contributed by atoms with Gasteiger partial charge in [0.05, 0.1) is 29.1 Å². The average molecular weight is 525 g/mol. The lowest BCUT2D eigenvalue weighted by atomic mass is 10.2. The lowest BCUT2D eigenvalue weighted by molar-refractivity contribution is -0.136. The third-order valence-corrected chi connectivity index (χ3v) is 5.30. The number of nitrogens with one attached hydrogen (secondary N) is 2. The molecule has 2 N–H and O–H groups in total. The molecule has 3 rings (SSSR count). The molecule has 0 unspecified atom stereocenters. The zero-order valence-corrected chi connectivity index (χ0v) is 19.8. The number of rotatable bonds is 7. The molecule has 0 saturated heterocycles. The van der Waals surface area contributed by atoms with Crippen molar-refractivity contribution in [1.29, 1.82) is 0 Å². The molecule has 7 nitrogen and oxygen atoms in total. The second kappa shape index (κ2) is 11.7. The van der Waals surface area contributed by atoms with E-state index in [4.69, 9.17) is 44.3 Å². The first-order valence-electron chi connectivity index (χ1n) is 9.61. The van der Waals surface area contributed by atoms with Crippen LogP contribution in [0, 0.1) is 5.82 Å². The van der Waals surface area contributed by atoms with E-state index in [1.165, 1.54) is 37.6 Å². The summed E-state index contributed by atoms with van der Waals surface area (Å²) in [7, 11) is 1.44. The molecule has 0 fully saturated rings. The van der Waals surface area contributed by atoms with E-state index in [9.17, 15) is 14.0 Å². The van der Waals surface area contributed by atoms with Crippen LogP contribution in [0.5, 0.6) is 11.5 Å². The molecule has 0 aliphatic heterocycles. The summed E-state index contributed by atoms with van der Waals surface area (Å²) in [5.41, 5.74) is 3.05. The van der Waals surface area contributed by atoms with Gasteiger partial charge in [-0.3, -0.25) is 9.59 Å². The molecule has 11 heteroatoms. The Balaban J connectivity index is 1.60. The molecule has 0 spiro atoms.